The predicted octanol–water partition coefficient (Wildman–Crippen LogP) is 5.75. The summed E-state index contributed by atoms with van der Waals surface area (Å²) in [5.41, 5.74) is 1.54. The first kappa shape index (κ1) is 31.1. The molecule has 2 aromatic carbocycles. The van der Waals surface area contributed by atoms with Crippen molar-refractivity contribution in [2.24, 2.45) is 0 Å². The molecule has 13 heteroatoms. The molecule has 1 aliphatic rings. The van der Waals surface area contributed by atoms with Crippen molar-refractivity contribution in [2.75, 3.05) is 25.5 Å². The first-order valence-corrected chi connectivity index (χ1v) is 13.4. The number of hydrogen-bond donors (Lipinski definition) is 2. The van der Waals surface area contributed by atoms with Crippen LogP contribution in [0.3, 0.4) is 0 Å². The number of carbonyl (C=O) groups excluding carboxylic acids is 1. The molecule has 0 saturated carbocycles. The third kappa shape index (κ3) is 7.71. The minimum Gasteiger partial charge on any atom is -0.469 e. The Morgan fingerprint density at radius 1 is 1.10 bits per heavy atom. The second kappa shape index (κ2) is 12.6. The number of anilines is 1. The number of carbonyl (C=O) groups is 1. The van der Waals surface area contributed by atoms with Crippen LogP contribution in [-0.2, 0) is 17.9 Å². The van der Waals surface area contributed by atoms with Crippen molar-refractivity contribution in [3.05, 3.63) is 65.2 Å². The highest BCUT2D eigenvalue weighted by atomic mass is 19.4. The minimum absolute atomic E-state index is 0.105. The van der Waals surface area contributed by atoms with Crippen LogP contribution in [0.1, 0.15) is 37.5 Å². The van der Waals surface area contributed by atoms with Crippen molar-refractivity contribution in [1.82, 2.24) is 20.0 Å². The summed E-state index contributed by atoms with van der Waals surface area (Å²) in [6.45, 7) is 8.19. The molecular weight excluding hydrogens is 558 g/mol. The van der Waals surface area contributed by atoms with Crippen LogP contribution in [0, 0.1) is 6.92 Å². The summed E-state index contributed by atoms with van der Waals surface area (Å²) in [6, 6.07) is 12.3. The van der Waals surface area contributed by atoms with Gasteiger partial charge in [0, 0.05) is 37.8 Å². The molecule has 0 unspecified atom stereocenters. The molecule has 0 bridgehead atoms. The highest BCUT2D eigenvalue weighted by Crippen LogP contribution is 2.32. The fourth-order valence-electron chi connectivity index (χ4n) is 4.61. The summed E-state index contributed by atoms with van der Waals surface area (Å²) in [7, 11) is 1.46. The van der Waals surface area contributed by atoms with Crippen LogP contribution in [0.5, 0.6) is 11.6 Å². The van der Waals surface area contributed by atoms with E-state index >= 15 is 0 Å². The first-order valence-electron chi connectivity index (χ1n) is 13.4. The number of para-hydroxylation sites is 1. The highest BCUT2D eigenvalue weighted by molar-refractivity contribution is 5.89. The molecule has 2 amide bonds. The molecule has 1 saturated heterocycles. The summed E-state index contributed by atoms with van der Waals surface area (Å²) < 4.78 is 70.5. The number of urea groups is 1. The smallest absolute Gasteiger partial charge is 0.469 e. The van der Waals surface area contributed by atoms with E-state index in [0.29, 0.717) is 23.4 Å². The Labute approximate surface area is 241 Å². The molecule has 2 N–H and O–H groups in total. The van der Waals surface area contributed by atoms with Gasteiger partial charge >= 0.3 is 12.4 Å². The molecule has 4 rings (SSSR count). The van der Waals surface area contributed by atoms with Gasteiger partial charge in [-0.3, -0.25) is 10.2 Å². The van der Waals surface area contributed by atoms with E-state index in [1.807, 2.05) is 31.7 Å². The van der Waals surface area contributed by atoms with E-state index in [0.717, 1.165) is 0 Å². The van der Waals surface area contributed by atoms with Crippen molar-refractivity contribution >= 4 is 11.8 Å². The Bertz CT molecular complexity index is 1370. The monoisotopic (exact) mass is 593 g/mol. The van der Waals surface area contributed by atoms with E-state index in [9.17, 15) is 22.4 Å². The molecule has 2 atom stereocenters. The highest BCUT2D eigenvalue weighted by Gasteiger charge is 2.40. The number of methoxy groups -OCH3 is 1. The Balaban J connectivity index is 1.55. The Hall–Kier alpha value is -3.84. The van der Waals surface area contributed by atoms with Gasteiger partial charge in [0.25, 0.3) is 0 Å². The van der Waals surface area contributed by atoms with E-state index < -0.39 is 30.4 Å². The zero-order valence-corrected chi connectivity index (χ0v) is 24.1. The van der Waals surface area contributed by atoms with Crippen LogP contribution in [-0.4, -0.2) is 65.1 Å². The van der Waals surface area contributed by atoms with Gasteiger partial charge in [-0.2, -0.15) is 0 Å². The number of ether oxygens (including phenoxy) is 3. The number of likely N-dealkylation sites (tertiary alicyclic amines) is 1. The molecule has 228 valence electrons. The molecule has 3 aromatic rings. The number of alkyl halides is 4. The Kier molecular flexibility index (Phi) is 9.31. The third-order valence-electron chi connectivity index (χ3n) is 6.82. The molecule has 9 nitrogen and oxygen atoms in total. The van der Waals surface area contributed by atoms with Crippen LogP contribution in [0.15, 0.2) is 48.5 Å². The Morgan fingerprint density at radius 3 is 2.43 bits per heavy atom. The second-order valence-electron chi connectivity index (χ2n) is 11.0. The predicted molar refractivity (Wildman–Crippen MR) is 149 cm³/mol. The fourth-order valence-corrected chi connectivity index (χ4v) is 4.61. The summed E-state index contributed by atoms with van der Waals surface area (Å²) in [5.74, 6) is -0.0224. The lowest BCUT2D eigenvalue weighted by Gasteiger charge is -2.31. The zero-order chi connectivity index (χ0) is 30.7. The van der Waals surface area contributed by atoms with E-state index in [1.54, 1.807) is 31.2 Å². The molecule has 1 aliphatic heterocycles. The van der Waals surface area contributed by atoms with Gasteiger partial charge in [0.1, 0.15) is 17.7 Å². The quantitative estimate of drug-likeness (QED) is 0.308. The average molecular weight is 594 g/mol. The van der Waals surface area contributed by atoms with Gasteiger partial charge in [-0.15, -0.1) is 18.3 Å². The van der Waals surface area contributed by atoms with Gasteiger partial charge in [0.2, 0.25) is 5.88 Å². The number of aromatic nitrogens is 2. The number of nitrogens with zero attached hydrogens (tertiary/aromatic N) is 3. The number of nitrogens with one attached hydrogen (secondary N) is 2. The molecule has 0 radical (unpaired) electrons. The van der Waals surface area contributed by atoms with Crippen LogP contribution in [0.2, 0.25) is 0 Å². The molecule has 1 fully saturated rings. The van der Waals surface area contributed by atoms with Gasteiger partial charge in [0.15, 0.2) is 6.17 Å². The molecule has 2 heterocycles. The number of amides is 2. The summed E-state index contributed by atoms with van der Waals surface area (Å²) in [4.78, 5) is 15.0. The van der Waals surface area contributed by atoms with Gasteiger partial charge in [0.05, 0.1) is 17.9 Å². The molecule has 42 heavy (non-hydrogen) atoms. The number of rotatable bonds is 9. The van der Waals surface area contributed by atoms with E-state index in [4.69, 9.17) is 9.47 Å². The van der Waals surface area contributed by atoms with Crippen LogP contribution in [0.25, 0.3) is 5.69 Å². The molecular formula is C29H35F4N5O4. The molecule has 0 aliphatic carbocycles. The van der Waals surface area contributed by atoms with Crippen molar-refractivity contribution < 1.29 is 36.6 Å². The maximum atomic E-state index is 14.9. The molecule has 0 spiro atoms. The minimum atomic E-state index is -4.91. The Morgan fingerprint density at radius 2 is 1.81 bits per heavy atom. The summed E-state index contributed by atoms with van der Waals surface area (Å²) >= 11 is 0. The third-order valence-corrected chi connectivity index (χ3v) is 6.82. The number of hydrogen-bond acceptors (Lipinski definition) is 6. The van der Waals surface area contributed by atoms with E-state index in [-0.39, 0.29) is 42.5 Å². The zero-order valence-electron chi connectivity index (χ0n) is 24.1. The maximum Gasteiger partial charge on any atom is 0.573 e. The SMILES string of the molecule is COCc1ccc(OC(F)(F)F)c(CNC(=O)Nc2c(C)c(O[C@H]3CN(C(C)(C)C)C[C@H]3F)nn2-c2ccccc2)c1. The lowest BCUT2D eigenvalue weighted by molar-refractivity contribution is -0.274. The van der Waals surface area contributed by atoms with Crippen molar-refractivity contribution in [2.45, 2.75) is 65.0 Å². The summed E-state index contributed by atoms with van der Waals surface area (Å²) in [6.07, 6.45) is -6.89. The van der Waals surface area contributed by atoms with E-state index in [2.05, 4.69) is 20.5 Å². The standard InChI is InChI=1S/C29H35F4N5O4/c1-18-25(35-27(39)34-14-20-13-19(17-40-5)11-12-23(20)42-29(31,32)33)38(21-9-7-6-8-10-21)36-26(18)41-24-16-37(15-22(24)30)28(2,3)4/h6-13,22,24H,14-17H2,1-5H3,(H2,34,35,39)/t22-,24+/m1/s1. The first-order chi connectivity index (χ1) is 19.7. The maximum absolute atomic E-state index is 14.9. The lowest BCUT2D eigenvalue weighted by Crippen LogP contribution is -2.40. The lowest BCUT2D eigenvalue weighted by atomic mass is 10.1. The number of halogens is 4. The van der Waals surface area contributed by atoms with Crippen molar-refractivity contribution in [3.8, 4) is 17.3 Å². The van der Waals surface area contributed by atoms with Gasteiger partial charge in [-0.25, -0.2) is 13.9 Å². The largest absolute Gasteiger partial charge is 0.573 e. The van der Waals surface area contributed by atoms with Crippen LogP contribution in [0.4, 0.5) is 28.2 Å². The second-order valence-corrected chi connectivity index (χ2v) is 11.0. The normalized spacial score (nSPS) is 17.7. The van der Waals surface area contributed by atoms with Crippen LogP contribution < -0.4 is 20.1 Å². The summed E-state index contributed by atoms with van der Waals surface area (Å²) in [5, 5.41) is 9.83. The fraction of sp³-hybridized carbons (Fsp3) is 0.448. The van der Waals surface area contributed by atoms with Crippen molar-refractivity contribution in [1.29, 1.82) is 0 Å². The van der Waals surface area contributed by atoms with E-state index in [1.165, 1.54) is 30.0 Å². The topological polar surface area (TPSA) is 89.9 Å². The van der Waals surface area contributed by atoms with Crippen molar-refractivity contribution in [3.63, 3.8) is 0 Å². The van der Waals surface area contributed by atoms with Gasteiger partial charge < -0.3 is 19.5 Å². The molecule has 1 aromatic heterocycles. The van der Waals surface area contributed by atoms with Gasteiger partial charge in [-0.1, -0.05) is 24.3 Å². The number of benzene rings is 2. The average Bonchev–Trinajstić information content (AvgIpc) is 3.44. The van der Waals surface area contributed by atoms with Gasteiger partial charge in [-0.05, 0) is 57.5 Å². The van der Waals surface area contributed by atoms with Crippen LogP contribution >= 0.6 is 0 Å².